The second-order valence-electron chi connectivity index (χ2n) is 5.06. The van der Waals surface area contributed by atoms with E-state index in [0.717, 1.165) is 0 Å². The van der Waals surface area contributed by atoms with Gasteiger partial charge in [0.25, 0.3) is 0 Å². The van der Waals surface area contributed by atoms with Crippen LogP contribution in [0.25, 0.3) is 0 Å². The predicted molar refractivity (Wildman–Crippen MR) is 87.0 cm³/mol. The Balaban J connectivity index is 2.39. The van der Waals surface area contributed by atoms with Crippen LogP contribution in [0.5, 0.6) is 0 Å². The van der Waals surface area contributed by atoms with Crippen LogP contribution in [0.4, 0.5) is 0 Å². The first-order chi connectivity index (χ1) is 9.62. The van der Waals surface area contributed by atoms with Gasteiger partial charge in [0.15, 0.2) is 0 Å². The van der Waals surface area contributed by atoms with E-state index in [2.05, 4.69) is 30.3 Å². The van der Waals surface area contributed by atoms with Gasteiger partial charge >= 0.3 is 0 Å². The maximum Gasteiger partial charge on any atom is 0.0867 e. The van der Waals surface area contributed by atoms with Gasteiger partial charge in [-0.25, -0.2) is 0 Å². The molecule has 20 heavy (non-hydrogen) atoms. The average Bonchev–Trinajstić information content (AvgIpc) is 2.49. The molecule has 2 nitrogen and oxygen atoms in total. The van der Waals surface area contributed by atoms with Gasteiger partial charge in [0.2, 0.25) is 0 Å². The Labute approximate surface area is 121 Å². The van der Waals surface area contributed by atoms with E-state index >= 15 is 0 Å². The number of hydrogen-bond acceptors (Lipinski definition) is 2. The first-order valence-corrected chi connectivity index (χ1v) is 7.78. The van der Waals surface area contributed by atoms with Crippen LogP contribution in [0, 0.1) is 16.7 Å². The van der Waals surface area contributed by atoms with Gasteiger partial charge in [0, 0.05) is 16.8 Å². The van der Waals surface area contributed by atoms with E-state index < -0.39 is 13.5 Å². The smallest absolute Gasteiger partial charge is 0.0867 e. The predicted octanol–water partition coefficient (Wildman–Crippen LogP) is 3.65. The van der Waals surface area contributed by atoms with Crippen molar-refractivity contribution in [3.63, 3.8) is 0 Å². The van der Waals surface area contributed by atoms with Crippen LogP contribution < -0.4 is 10.6 Å². The summed E-state index contributed by atoms with van der Waals surface area (Å²) in [7, 11) is -0.803. The highest BCUT2D eigenvalue weighted by Gasteiger charge is 2.16. The van der Waals surface area contributed by atoms with Crippen LogP contribution in [0.1, 0.15) is 13.8 Å². The Morgan fingerprint density at radius 3 is 1.80 bits per heavy atom. The average molecular weight is 280 g/mol. The summed E-state index contributed by atoms with van der Waals surface area (Å²) in [4.78, 5) is 0. The maximum atomic E-state index is 9.11. The van der Waals surface area contributed by atoms with Gasteiger partial charge in [-0.15, -0.1) is 0 Å². The highest BCUT2D eigenvalue weighted by atomic mass is 31.1. The lowest BCUT2D eigenvalue weighted by molar-refractivity contribution is 0.714. The highest BCUT2D eigenvalue weighted by Crippen LogP contribution is 2.35. The normalized spacial score (nSPS) is 11.7. The van der Waals surface area contributed by atoms with Crippen LogP contribution in [0.2, 0.25) is 0 Å². The van der Waals surface area contributed by atoms with Crippen molar-refractivity contribution >= 4 is 24.9 Å². The van der Waals surface area contributed by atoms with Crippen LogP contribution in [-0.4, -0.2) is 6.21 Å². The summed E-state index contributed by atoms with van der Waals surface area (Å²) in [5, 5.41) is 11.5. The molecule has 3 heteroatoms. The molecule has 2 rings (SSSR count). The molecule has 0 aromatic heterocycles. The van der Waals surface area contributed by atoms with Crippen molar-refractivity contribution in [2.75, 3.05) is 0 Å². The molecule has 0 unspecified atom stereocenters. The lowest BCUT2D eigenvalue weighted by Crippen LogP contribution is -2.13. The zero-order valence-corrected chi connectivity index (χ0v) is 12.6. The number of nitriles is 1. The molecule has 0 atom stereocenters. The van der Waals surface area contributed by atoms with Crippen molar-refractivity contribution in [3.8, 4) is 6.07 Å². The molecule has 0 bridgehead atoms. The lowest BCUT2D eigenvalue weighted by atomic mass is 9.99. The molecule has 0 heterocycles. The first kappa shape index (κ1) is 14.4. The highest BCUT2D eigenvalue weighted by molar-refractivity contribution is 7.71. The minimum atomic E-state index is -0.803. The number of hydrogen-bond donors (Lipinski definition) is 0. The fraction of sp³-hybridized carbons (Fsp3) is 0.176. The molecule has 0 aliphatic carbocycles. The van der Waals surface area contributed by atoms with Gasteiger partial charge in [-0.05, 0) is 13.8 Å². The van der Waals surface area contributed by atoms with Crippen molar-refractivity contribution in [2.24, 2.45) is 10.2 Å². The van der Waals surface area contributed by atoms with Gasteiger partial charge in [0.1, 0.15) is 0 Å². The van der Waals surface area contributed by atoms with Crippen LogP contribution >= 0.6 is 8.07 Å². The zero-order chi connectivity index (χ0) is 14.4. The van der Waals surface area contributed by atoms with Gasteiger partial charge < -0.3 is 0 Å². The topological polar surface area (TPSA) is 36.1 Å². The monoisotopic (exact) mass is 280 g/mol. The number of nitrogens with zero attached hydrogens (tertiary/aromatic N) is 2. The quantitative estimate of drug-likeness (QED) is 0.622. The molecule has 2 aromatic rings. The number of benzene rings is 2. The lowest BCUT2D eigenvalue weighted by Gasteiger charge is -2.15. The van der Waals surface area contributed by atoms with E-state index in [-0.39, 0.29) is 0 Å². The summed E-state index contributed by atoms with van der Waals surface area (Å²) in [5.41, 5.74) is -0.538. The Morgan fingerprint density at radius 2 is 1.40 bits per heavy atom. The second kappa shape index (κ2) is 6.46. The standard InChI is InChI=1S/C17H17N2P/c1-17(2,13-18)14-19-20(15-9-5-3-6-10-15)16-11-7-4-8-12-16/h3-12,14H,1-2H3/b19-14+. The van der Waals surface area contributed by atoms with Crippen LogP contribution in [-0.2, 0) is 0 Å². The third-order valence-corrected chi connectivity index (χ3v) is 4.71. The molecule has 0 aliphatic rings. The summed E-state index contributed by atoms with van der Waals surface area (Å²) in [6.07, 6.45) is 1.78. The van der Waals surface area contributed by atoms with E-state index in [1.807, 2.05) is 50.2 Å². The van der Waals surface area contributed by atoms with Gasteiger partial charge in [0.05, 0.1) is 19.6 Å². The summed E-state index contributed by atoms with van der Waals surface area (Å²) in [6, 6.07) is 22.7. The molecular weight excluding hydrogens is 263 g/mol. The summed E-state index contributed by atoms with van der Waals surface area (Å²) in [5.74, 6) is 0. The van der Waals surface area contributed by atoms with Crippen LogP contribution in [0.15, 0.2) is 65.4 Å². The van der Waals surface area contributed by atoms with Crippen molar-refractivity contribution in [1.29, 1.82) is 5.26 Å². The summed E-state index contributed by atoms with van der Waals surface area (Å²) in [6.45, 7) is 3.75. The van der Waals surface area contributed by atoms with Gasteiger partial charge in [-0.1, -0.05) is 60.7 Å². The third kappa shape index (κ3) is 3.76. The molecule has 0 N–H and O–H groups in total. The summed E-state index contributed by atoms with van der Waals surface area (Å²) < 4.78 is 4.72. The van der Waals surface area contributed by atoms with Crippen molar-refractivity contribution < 1.29 is 0 Å². The molecular formula is C17H17N2P. The minimum absolute atomic E-state index is 0.538. The number of rotatable bonds is 4. The Hall–Kier alpha value is -1.97. The molecule has 100 valence electrons. The van der Waals surface area contributed by atoms with Crippen molar-refractivity contribution in [3.05, 3.63) is 60.7 Å². The zero-order valence-electron chi connectivity index (χ0n) is 11.7. The van der Waals surface area contributed by atoms with Crippen molar-refractivity contribution in [1.82, 2.24) is 0 Å². The first-order valence-electron chi connectivity index (χ1n) is 6.49. The Morgan fingerprint density at radius 1 is 0.950 bits per heavy atom. The third-order valence-electron chi connectivity index (χ3n) is 2.79. The van der Waals surface area contributed by atoms with Crippen molar-refractivity contribution in [2.45, 2.75) is 13.8 Å². The van der Waals surface area contributed by atoms with E-state index in [1.54, 1.807) is 6.21 Å². The maximum absolute atomic E-state index is 9.11. The van der Waals surface area contributed by atoms with Gasteiger partial charge in [-0.3, -0.25) is 4.76 Å². The SMILES string of the molecule is CC(C)(C#N)/C=N/P(c1ccccc1)c1ccccc1. The summed E-state index contributed by atoms with van der Waals surface area (Å²) >= 11 is 0. The molecule has 0 radical (unpaired) electrons. The molecule has 0 fully saturated rings. The Bertz CT molecular complexity index is 573. The minimum Gasteiger partial charge on any atom is -0.262 e. The fourth-order valence-electron chi connectivity index (χ4n) is 1.65. The van der Waals surface area contributed by atoms with Gasteiger partial charge in [-0.2, -0.15) is 5.26 Å². The molecule has 0 spiro atoms. The Kier molecular flexibility index (Phi) is 4.66. The van der Waals surface area contributed by atoms with E-state index in [0.29, 0.717) is 0 Å². The van der Waals surface area contributed by atoms with E-state index in [1.165, 1.54) is 10.6 Å². The largest absolute Gasteiger partial charge is 0.262 e. The molecule has 0 saturated carbocycles. The molecule has 0 saturated heterocycles. The van der Waals surface area contributed by atoms with Crippen LogP contribution in [0.3, 0.4) is 0 Å². The van der Waals surface area contributed by atoms with E-state index in [4.69, 9.17) is 10.0 Å². The van der Waals surface area contributed by atoms with E-state index in [9.17, 15) is 0 Å². The fourth-order valence-corrected chi connectivity index (χ4v) is 3.53. The molecule has 0 amide bonds. The molecule has 0 aliphatic heterocycles. The molecule has 2 aromatic carbocycles. The second-order valence-corrected chi connectivity index (χ2v) is 6.95.